The molecule has 2 aromatic heterocycles. The zero-order chi connectivity index (χ0) is 22.7. The molecule has 8 heteroatoms. The summed E-state index contributed by atoms with van der Waals surface area (Å²) in [6.45, 7) is 5.96. The number of thiazole rings is 1. The molecule has 1 aliphatic rings. The number of carbonyl (C=O) groups excluding carboxylic acids is 1. The first-order chi connectivity index (χ1) is 15.4. The minimum atomic E-state index is -0.628. The third-order valence-corrected chi connectivity index (χ3v) is 6.95. The van der Waals surface area contributed by atoms with Gasteiger partial charge in [0.05, 0.1) is 11.0 Å². The minimum Gasteiger partial charge on any atom is -0.475 e. The summed E-state index contributed by atoms with van der Waals surface area (Å²) in [6.07, 6.45) is 8.29. The fraction of sp³-hybridized carbons (Fsp3) is 0.417. The van der Waals surface area contributed by atoms with Crippen molar-refractivity contribution >= 4 is 28.9 Å². The second kappa shape index (κ2) is 9.24. The van der Waals surface area contributed by atoms with Gasteiger partial charge < -0.3 is 15.8 Å². The van der Waals surface area contributed by atoms with Crippen molar-refractivity contribution < 1.29 is 9.53 Å². The van der Waals surface area contributed by atoms with Crippen LogP contribution in [0.2, 0.25) is 0 Å². The van der Waals surface area contributed by atoms with Gasteiger partial charge in [-0.05, 0) is 56.9 Å². The Kier molecular flexibility index (Phi) is 6.41. The number of nitrogens with zero attached hydrogens (tertiary/aromatic N) is 3. The van der Waals surface area contributed by atoms with Crippen molar-refractivity contribution in [3.8, 4) is 16.3 Å². The fourth-order valence-electron chi connectivity index (χ4n) is 4.19. The summed E-state index contributed by atoms with van der Waals surface area (Å²) in [5, 5.41) is 4.10. The van der Waals surface area contributed by atoms with Crippen LogP contribution in [-0.2, 0) is 10.2 Å². The lowest BCUT2D eigenvalue weighted by molar-refractivity contribution is -0.124. The van der Waals surface area contributed by atoms with Crippen LogP contribution in [-0.4, -0.2) is 27.0 Å². The predicted molar refractivity (Wildman–Crippen MR) is 127 cm³/mol. The van der Waals surface area contributed by atoms with E-state index in [0.717, 1.165) is 58.8 Å². The molecule has 3 aromatic rings. The number of rotatable bonds is 7. The van der Waals surface area contributed by atoms with Gasteiger partial charge in [-0.3, -0.25) is 4.79 Å². The number of nitrogens with one attached hydrogen (secondary N) is 1. The van der Waals surface area contributed by atoms with Crippen molar-refractivity contribution in [1.29, 1.82) is 0 Å². The Morgan fingerprint density at radius 3 is 2.69 bits per heavy atom. The summed E-state index contributed by atoms with van der Waals surface area (Å²) in [5.74, 6) is 0.742. The van der Waals surface area contributed by atoms with Gasteiger partial charge in [0.1, 0.15) is 10.4 Å². The predicted octanol–water partition coefficient (Wildman–Crippen LogP) is 5.13. The first kappa shape index (κ1) is 22.2. The smallest absolute Gasteiger partial charge is 0.230 e. The minimum absolute atomic E-state index is 0.0386. The molecule has 1 aliphatic carbocycles. The molecule has 0 bridgehead atoms. The van der Waals surface area contributed by atoms with Crippen molar-refractivity contribution in [3.05, 3.63) is 47.2 Å². The molecule has 0 aliphatic heterocycles. The lowest BCUT2D eigenvalue weighted by Crippen LogP contribution is -2.42. The van der Waals surface area contributed by atoms with Gasteiger partial charge in [-0.15, -0.1) is 11.3 Å². The molecule has 0 saturated heterocycles. The Balaban J connectivity index is 1.61. The van der Waals surface area contributed by atoms with Gasteiger partial charge in [-0.25, -0.2) is 9.97 Å². The number of hydrogen-bond acceptors (Lipinski definition) is 7. The van der Waals surface area contributed by atoms with Crippen LogP contribution >= 0.6 is 11.3 Å². The van der Waals surface area contributed by atoms with Crippen LogP contribution in [0, 0.1) is 6.92 Å². The summed E-state index contributed by atoms with van der Waals surface area (Å²) in [4.78, 5) is 26.8. The van der Waals surface area contributed by atoms with Gasteiger partial charge >= 0.3 is 0 Å². The van der Waals surface area contributed by atoms with Crippen LogP contribution in [0.5, 0.6) is 5.88 Å². The third kappa shape index (κ3) is 4.75. The summed E-state index contributed by atoms with van der Waals surface area (Å²) >= 11 is 1.56. The van der Waals surface area contributed by atoms with E-state index in [1.807, 2.05) is 39.1 Å². The van der Waals surface area contributed by atoms with E-state index in [4.69, 9.17) is 10.5 Å². The van der Waals surface area contributed by atoms with Crippen LogP contribution < -0.4 is 15.8 Å². The number of aromatic nitrogens is 3. The topological polar surface area (TPSA) is 103 Å². The number of aryl methyl sites for hydroxylation is 1. The molecular formula is C24H29N5O2S. The SMILES string of the molecule is Cc1cc(Nc2nccc(OC(C)C)n2)cc(-c2cnc(C3(C(N)=O)CCCCC3)s2)c1. The van der Waals surface area contributed by atoms with Crippen LogP contribution in [0.1, 0.15) is 56.5 Å². The van der Waals surface area contributed by atoms with Crippen LogP contribution in [0.3, 0.4) is 0 Å². The van der Waals surface area contributed by atoms with E-state index in [2.05, 4.69) is 26.3 Å². The first-order valence-electron chi connectivity index (χ1n) is 11.0. The highest BCUT2D eigenvalue weighted by Crippen LogP contribution is 2.43. The lowest BCUT2D eigenvalue weighted by Gasteiger charge is -2.32. The molecule has 1 amide bonds. The normalized spacial score (nSPS) is 15.5. The van der Waals surface area contributed by atoms with Crippen molar-refractivity contribution in [2.75, 3.05) is 5.32 Å². The Morgan fingerprint density at radius 2 is 1.97 bits per heavy atom. The highest BCUT2D eigenvalue weighted by Gasteiger charge is 2.42. The Morgan fingerprint density at radius 1 is 1.19 bits per heavy atom. The monoisotopic (exact) mass is 451 g/mol. The molecule has 3 N–H and O–H groups in total. The van der Waals surface area contributed by atoms with E-state index in [1.165, 1.54) is 0 Å². The summed E-state index contributed by atoms with van der Waals surface area (Å²) in [6, 6.07) is 7.93. The molecular weight excluding hydrogens is 422 g/mol. The number of nitrogens with two attached hydrogens (primary N) is 1. The van der Waals surface area contributed by atoms with Crippen LogP contribution in [0.25, 0.3) is 10.4 Å². The maximum atomic E-state index is 12.4. The van der Waals surface area contributed by atoms with Crippen molar-refractivity contribution in [3.63, 3.8) is 0 Å². The van der Waals surface area contributed by atoms with Crippen molar-refractivity contribution in [2.45, 2.75) is 64.4 Å². The van der Waals surface area contributed by atoms with E-state index >= 15 is 0 Å². The molecule has 0 radical (unpaired) electrons. The maximum absolute atomic E-state index is 12.4. The molecule has 7 nitrogen and oxygen atoms in total. The van der Waals surface area contributed by atoms with E-state index < -0.39 is 5.41 Å². The van der Waals surface area contributed by atoms with E-state index in [0.29, 0.717) is 11.8 Å². The second-order valence-corrected chi connectivity index (χ2v) is 9.67. The molecule has 0 spiro atoms. The Labute approximate surface area is 192 Å². The molecule has 0 unspecified atom stereocenters. The van der Waals surface area contributed by atoms with E-state index in [9.17, 15) is 4.79 Å². The van der Waals surface area contributed by atoms with E-state index in [1.54, 1.807) is 23.6 Å². The van der Waals surface area contributed by atoms with Crippen molar-refractivity contribution in [1.82, 2.24) is 15.0 Å². The number of carbonyl (C=O) groups is 1. The second-order valence-electron chi connectivity index (χ2n) is 8.63. The van der Waals surface area contributed by atoms with Crippen LogP contribution in [0.4, 0.5) is 11.6 Å². The molecule has 2 heterocycles. The maximum Gasteiger partial charge on any atom is 0.230 e. The number of hydrogen-bond donors (Lipinski definition) is 2. The zero-order valence-corrected chi connectivity index (χ0v) is 19.5. The Hall–Kier alpha value is -3.00. The van der Waals surface area contributed by atoms with Gasteiger partial charge in [-0.1, -0.05) is 25.3 Å². The highest BCUT2D eigenvalue weighted by molar-refractivity contribution is 7.15. The molecule has 4 rings (SSSR count). The fourth-order valence-corrected chi connectivity index (χ4v) is 5.34. The number of amides is 1. The third-order valence-electron chi connectivity index (χ3n) is 5.70. The van der Waals surface area contributed by atoms with Gasteiger partial charge in [0.25, 0.3) is 0 Å². The lowest BCUT2D eigenvalue weighted by atomic mass is 9.74. The highest BCUT2D eigenvalue weighted by atomic mass is 32.1. The number of primary amides is 1. The van der Waals surface area contributed by atoms with Gasteiger partial charge in [-0.2, -0.15) is 4.98 Å². The zero-order valence-electron chi connectivity index (χ0n) is 18.7. The van der Waals surface area contributed by atoms with Gasteiger partial charge in [0.15, 0.2) is 0 Å². The average molecular weight is 452 g/mol. The molecule has 1 aromatic carbocycles. The average Bonchev–Trinajstić information content (AvgIpc) is 3.24. The molecule has 0 atom stereocenters. The largest absolute Gasteiger partial charge is 0.475 e. The number of benzene rings is 1. The first-order valence-corrected chi connectivity index (χ1v) is 11.8. The quantitative estimate of drug-likeness (QED) is 0.516. The number of anilines is 2. The van der Waals surface area contributed by atoms with Crippen LogP contribution in [0.15, 0.2) is 36.7 Å². The molecule has 32 heavy (non-hydrogen) atoms. The summed E-state index contributed by atoms with van der Waals surface area (Å²) in [5.41, 5.74) is 8.22. The molecule has 1 saturated carbocycles. The number of ether oxygens (including phenoxy) is 1. The summed E-state index contributed by atoms with van der Waals surface area (Å²) < 4.78 is 5.66. The Bertz CT molecular complexity index is 1110. The van der Waals surface area contributed by atoms with E-state index in [-0.39, 0.29) is 12.0 Å². The van der Waals surface area contributed by atoms with Gasteiger partial charge in [0.2, 0.25) is 17.7 Å². The summed E-state index contributed by atoms with van der Waals surface area (Å²) in [7, 11) is 0. The van der Waals surface area contributed by atoms with Crippen molar-refractivity contribution in [2.24, 2.45) is 5.73 Å². The molecule has 168 valence electrons. The molecule has 1 fully saturated rings. The standard InChI is InChI=1S/C24H29N5O2S/c1-15(2)31-20-7-10-26-23(29-20)28-18-12-16(3)11-17(13-18)19-14-27-22(32-19)24(21(25)30)8-5-4-6-9-24/h7,10-15H,4-6,8-9H2,1-3H3,(H2,25,30)(H,26,28,29). The van der Waals surface area contributed by atoms with Gasteiger partial charge in [0, 0.05) is 24.1 Å².